The van der Waals surface area contributed by atoms with E-state index >= 15 is 0 Å². The van der Waals surface area contributed by atoms with Crippen LogP contribution < -0.4 is 10.6 Å². The predicted molar refractivity (Wildman–Crippen MR) is 101 cm³/mol. The Bertz CT molecular complexity index is 1040. The fraction of sp³-hybridized carbons (Fsp3) is 0.286. The molecule has 2 aromatic rings. The van der Waals surface area contributed by atoms with Crippen LogP contribution >= 0.6 is 0 Å². The van der Waals surface area contributed by atoms with Gasteiger partial charge in [-0.1, -0.05) is 18.2 Å². The zero-order chi connectivity index (χ0) is 20.8. The summed E-state index contributed by atoms with van der Waals surface area (Å²) >= 11 is 0. The molecule has 144 valence electrons. The van der Waals surface area contributed by atoms with Gasteiger partial charge in [-0.25, -0.2) is 4.39 Å². The summed E-state index contributed by atoms with van der Waals surface area (Å²) in [5.74, 6) is -1.91. The van der Waals surface area contributed by atoms with Crippen molar-refractivity contribution in [1.82, 2.24) is 10.2 Å². The first-order chi connectivity index (χ1) is 13.8. The van der Waals surface area contributed by atoms with Crippen molar-refractivity contribution in [3.05, 3.63) is 64.5 Å². The standard InChI is InChI=1S/C21H20FN3O3/c1-12-5-6-13(9-16(12)22)10-23-17-4-2-3-14-15(17)11-25(21(14)28)18-7-8-19(26)24-20(18)27/h2-6,9,18,23H,7-8,10-11H2,1H3,(H,24,26,27)/i18D. The predicted octanol–water partition coefficient (Wildman–Crippen LogP) is 2.51. The first kappa shape index (κ1) is 16.9. The number of amides is 3. The number of benzene rings is 2. The molecule has 7 heteroatoms. The normalized spacial score (nSPS) is 22.0. The number of nitrogens with zero attached hydrogens (tertiary/aromatic N) is 1. The number of piperidine rings is 1. The molecule has 1 unspecified atom stereocenters. The summed E-state index contributed by atoms with van der Waals surface area (Å²) in [6.07, 6.45) is -0.0255. The molecular formula is C21H20FN3O3. The second kappa shape index (κ2) is 7.07. The number of imide groups is 1. The molecule has 0 aliphatic carbocycles. The average molecular weight is 382 g/mol. The van der Waals surface area contributed by atoms with Crippen LogP contribution in [0.15, 0.2) is 36.4 Å². The van der Waals surface area contributed by atoms with E-state index in [4.69, 9.17) is 1.37 Å². The van der Waals surface area contributed by atoms with Crippen LogP contribution in [0.25, 0.3) is 0 Å². The Balaban J connectivity index is 1.57. The van der Waals surface area contributed by atoms with Crippen LogP contribution in [0.5, 0.6) is 0 Å². The minimum absolute atomic E-state index is 0.0134. The zero-order valence-corrected chi connectivity index (χ0v) is 15.3. The fourth-order valence-electron chi connectivity index (χ4n) is 3.52. The molecule has 0 saturated carbocycles. The third-order valence-corrected chi connectivity index (χ3v) is 5.12. The number of nitrogens with one attached hydrogen (secondary N) is 2. The molecule has 0 aromatic heterocycles. The number of anilines is 1. The maximum Gasteiger partial charge on any atom is 0.255 e. The Kier molecular flexibility index (Phi) is 4.27. The highest BCUT2D eigenvalue weighted by Crippen LogP contribution is 2.32. The smallest absolute Gasteiger partial charge is 0.255 e. The van der Waals surface area contributed by atoms with Crippen molar-refractivity contribution in [3.63, 3.8) is 0 Å². The van der Waals surface area contributed by atoms with Gasteiger partial charge in [-0.05, 0) is 42.7 Å². The third kappa shape index (κ3) is 3.24. The van der Waals surface area contributed by atoms with E-state index in [1.54, 1.807) is 31.2 Å². The van der Waals surface area contributed by atoms with Gasteiger partial charge >= 0.3 is 0 Å². The molecule has 0 spiro atoms. The van der Waals surface area contributed by atoms with E-state index in [0.717, 1.165) is 5.56 Å². The van der Waals surface area contributed by atoms with E-state index in [2.05, 4.69) is 10.6 Å². The molecule has 0 radical (unpaired) electrons. The number of aryl methyl sites for hydroxylation is 1. The topological polar surface area (TPSA) is 78.5 Å². The molecule has 6 nitrogen and oxygen atoms in total. The van der Waals surface area contributed by atoms with Gasteiger partial charge in [0.1, 0.15) is 11.8 Å². The van der Waals surface area contributed by atoms with Crippen molar-refractivity contribution in [2.45, 2.75) is 38.9 Å². The summed E-state index contributed by atoms with van der Waals surface area (Å²) in [6, 6.07) is 8.37. The molecule has 2 aliphatic heterocycles. The number of carbonyl (C=O) groups excluding carboxylic acids is 3. The maximum atomic E-state index is 13.8. The number of carbonyl (C=O) groups is 3. The molecule has 2 N–H and O–H groups in total. The summed E-state index contributed by atoms with van der Waals surface area (Å²) < 4.78 is 22.3. The number of halogens is 1. The fourth-order valence-corrected chi connectivity index (χ4v) is 3.52. The van der Waals surface area contributed by atoms with Crippen LogP contribution in [0.2, 0.25) is 0 Å². The molecule has 4 rings (SSSR count). The van der Waals surface area contributed by atoms with Crippen molar-refractivity contribution >= 4 is 23.4 Å². The third-order valence-electron chi connectivity index (χ3n) is 5.12. The number of hydrogen-bond acceptors (Lipinski definition) is 4. The lowest BCUT2D eigenvalue weighted by Crippen LogP contribution is -2.52. The minimum Gasteiger partial charge on any atom is -0.381 e. The molecular weight excluding hydrogens is 361 g/mol. The van der Waals surface area contributed by atoms with Crippen LogP contribution in [-0.4, -0.2) is 28.6 Å². The Morgan fingerprint density at radius 3 is 2.86 bits per heavy atom. The molecule has 2 aliphatic rings. The second-order valence-electron chi connectivity index (χ2n) is 6.98. The van der Waals surface area contributed by atoms with Gasteiger partial charge in [0.25, 0.3) is 5.91 Å². The molecule has 1 saturated heterocycles. The van der Waals surface area contributed by atoms with Crippen LogP contribution in [0.3, 0.4) is 0 Å². The van der Waals surface area contributed by atoms with Gasteiger partial charge in [-0.15, -0.1) is 0 Å². The van der Waals surface area contributed by atoms with Gasteiger partial charge < -0.3 is 10.2 Å². The van der Waals surface area contributed by atoms with E-state index in [1.165, 1.54) is 11.0 Å². The maximum absolute atomic E-state index is 13.8. The summed E-state index contributed by atoms with van der Waals surface area (Å²) in [6.45, 7) is 2.15. The molecule has 1 atom stereocenters. The van der Waals surface area contributed by atoms with E-state index in [9.17, 15) is 18.8 Å². The second-order valence-corrected chi connectivity index (χ2v) is 6.98. The Morgan fingerprint density at radius 1 is 1.29 bits per heavy atom. The quantitative estimate of drug-likeness (QED) is 0.797. The van der Waals surface area contributed by atoms with Crippen LogP contribution in [0, 0.1) is 12.7 Å². The summed E-state index contributed by atoms with van der Waals surface area (Å²) in [5.41, 5.74) is 3.12. The summed E-state index contributed by atoms with van der Waals surface area (Å²) in [4.78, 5) is 37.8. The highest BCUT2D eigenvalue weighted by atomic mass is 19.1. The van der Waals surface area contributed by atoms with Crippen LogP contribution in [0.1, 0.15) is 41.3 Å². The molecule has 2 heterocycles. The van der Waals surface area contributed by atoms with E-state index in [0.29, 0.717) is 28.9 Å². The van der Waals surface area contributed by atoms with Gasteiger partial charge in [-0.3, -0.25) is 19.7 Å². The van der Waals surface area contributed by atoms with Crippen molar-refractivity contribution in [3.8, 4) is 0 Å². The number of rotatable bonds is 4. The Morgan fingerprint density at radius 2 is 2.11 bits per heavy atom. The van der Waals surface area contributed by atoms with E-state index in [1.807, 2.05) is 6.07 Å². The van der Waals surface area contributed by atoms with Gasteiger partial charge in [0.15, 0.2) is 0 Å². The summed E-state index contributed by atoms with van der Waals surface area (Å²) in [7, 11) is 0. The first-order valence-corrected chi connectivity index (χ1v) is 9.06. The Labute approximate surface area is 163 Å². The lowest BCUT2D eigenvalue weighted by Gasteiger charge is -2.29. The van der Waals surface area contributed by atoms with Crippen LogP contribution in [-0.2, 0) is 22.7 Å². The van der Waals surface area contributed by atoms with E-state index in [-0.39, 0.29) is 25.2 Å². The van der Waals surface area contributed by atoms with Crippen molar-refractivity contribution in [2.24, 2.45) is 0 Å². The zero-order valence-electron chi connectivity index (χ0n) is 16.3. The molecule has 3 amide bonds. The lowest BCUT2D eigenvalue weighted by molar-refractivity contribution is -0.136. The van der Waals surface area contributed by atoms with E-state index < -0.39 is 23.7 Å². The highest BCUT2D eigenvalue weighted by Gasteiger charge is 2.39. The van der Waals surface area contributed by atoms with Gasteiger partial charge in [0.2, 0.25) is 11.8 Å². The molecule has 2 aromatic carbocycles. The molecule has 0 bridgehead atoms. The van der Waals surface area contributed by atoms with Gasteiger partial charge in [0, 0.05) is 36.3 Å². The monoisotopic (exact) mass is 382 g/mol. The van der Waals surface area contributed by atoms with Crippen molar-refractivity contribution in [1.29, 1.82) is 0 Å². The molecule has 1 fully saturated rings. The van der Waals surface area contributed by atoms with Crippen LogP contribution in [0.4, 0.5) is 10.1 Å². The molecule has 28 heavy (non-hydrogen) atoms. The largest absolute Gasteiger partial charge is 0.381 e. The van der Waals surface area contributed by atoms with Crippen molar-refractivity contribution in [2.75, 3.05) is 5.32 Å². The first-order valence-electron chi connectivity index (χ1n) is 9.56. The SMILES string of the molecule is [2H]C1(N2Cc3c(NCc4ccc(C)c(F)c4)cccc3C2=O)CCC(=O)NC1=O. The summed E-state index contributed by atoms with van der Waals surface area (Å²) in [5, 5.41) is 5.38. The average Bonchev–Trinajstić information content (AvgIpc) is 3.04. The van der Waals surface area contributed by atoms with Gasteiger partial charge in [-0.2, -0.15) is 0 Å². The van der Waals surface area contributed by atoms with Crippen molar-refractivity contribution < 1.29 is 20.1 Å². The number of hydrogen-bond donors (Lipinski definition) is 2. The number of fused-ring (bicyclic) bond motifs is 1. The lowest BCUT2D eigenvalue weighted by atomic mass is 10.0. The van der Waals surface area contributed by atoms with Gasteiger partial charge in [0.05, 0.1) is 1.37 Å². The highest BCUT2D eigenvalue weighted by molar-refractivity contribution is 6.06. The Hall–Kier alpha value is -3.22. The minimum atomic E-state index is -1.82.